The molecule has 130 valence electrons. The first kappa shape index (κ1) is 16.1. The molecule has 2 aliphatic carbocycles. The zero-order chi connectivity index (χ0) is 16.7. The number of carbonyl (C=O) groups excluding carboxylic acids is 1. The quantitative estimate of drug-likeness (QED) is 0.890. The molecule has 1 aromatic carbocycles. The smallest absolute Gasteiger partial charge is 0.259 e. The summed E-state index contributed by atoms with van der Waals surface area (Å²) in [5.41, 5.74) is -0.613. The first-order valence-corrected chi connectivity index (χ1v) is 9.40. The van der Waals surface area contributed by atoms with Crippen LogP contribution in [0, 0.1) is 17.8 Å². The standard InChI is InChI=1S/C20H28N2O2/c1-22(18-16-12-21-13-17(16)18)19(23)20(24,14-8-4-2-5-9-14)15-10-6-3-7-11-15/h2,4-5,8-9,15-18,21,24H,3,6-7,10-13H2,1H3/t16-,17?,18?,20?/m0/s1. The predicted molar refractivity (Wildman–Crippen MR) is 93.3 cm³/mol. The third-order valence-corrected chi connectivity index (χ3v) is 6.55. The van der Waals surface area contributed by atoms with Gasteiger partial charge in [-0.15, -0.1) is 0 Å². The highest BCUT2D eigenvalue weighted by Gasteiger charge is 2.59. The van der Waals surface area contributed by atoms with Crippen LogP contribution in [0.4, 0.5) is 0 Å². The molecule has 4 atom stereocenters. The van der Waals surface area contributed by atoms with Gasteiger partial charge in [-0.3, -0.25) is 4.79 Å². The molecular formula is C20H28N2O2. The molecule has 4 nitrogen and oxygen atoms in total. The molecule has 1 heterocycles. The number of benzene rings is 1. The second-order valence-corrected chi connectivity index (χ2v) is 7.86. The van der Waals surface area contributed by atoms with Gasteiger partial charge in [0.1, 0.15) is 0 Å². The number of hydrogen-bond donors (Lipinski definition) is 2. The lowest BCUT2D eigenvalue weighted by molar-refractivity contribution is -0.160. The van der Waals surface area contributed by atoms with Crippen molar-refractivity contribution in [2.24, 2.45) is 17.8 Å². The number of aliphatic hydroxyl groups is 1. The Kier molecular flexibility index (Phi) is 4.13. The number of nitrogens with zero attached hydrogens (tertiary/aromatic N) is 1. The molecule has 0 aromatic heterocycles. The van der Waals surface area contributed by atoms with E-state index in [-0.39, 0.29) is 11.8 Å². The van der Waals surface area contributed by atoms with E-state index in [1.807, 2.05) is 42.3 Å². The fraction of sp³-hybridized carbons (Fsp3) is 0.650. The zero-order valence-corrected chi connectivity index (χ0v) is 14.4. The third kappa shape index (κ3) is 2.47. The van der Waals surface area contributed by atoms with E-state index in [2.05, 4.69) is 5.32 Å². The fourth-order valence-corrected chi connectivity index (χ4v) is 5.11. The van der Waals surface area contributed by atoms with Gasteiger partial charge >= 0.3 is 0 Å². The molecule has 4 heteroatoms. The molecule has 24 heavy (non-hydrogen) atoms. The number of rotatable bonds is 4. The van der Waals surface area contributed by atoms with Gasteiger partial charge in [-0.05, 0) is 30.2 Å². The summed E-state index contributed by atoms with van der Waals surface area (Å²) in [6, 6.07) is 9.91. The molecular weight excluding hydrogens is 300 g/mol. The number of amides is 1. The molecule has 3 unspecified atom stereocenters. The Labute approximate surface area is 144 Å². The van der Waals surface area contributed by atoms with Crippen LogP contribution in [0.2, 0.25) is 0 Å². The highest BCUT2D eigenvalue weighted by molar-refractivity contribution is 5.87. The van der Waals surface area contributed by atoms with Gasteiger partial charge in [-0.2, -0.15) is 0 Å². The molecule has 3 aliphatic rings. The van der Waals surface area contributed by atoms with Crippen LogP contribution in [0.5, 0.6) is 0 Å². The molecule has 4 rings (SSSR count). The average Bonchev–Trinajstić information content (AvgIpc) is 3.12. The summed E-state index contributed by atoms with van der Waals surface area (Å²) in [7, 11) is 1.89. The molecule has 0 bridgehead atoms. The first-order valence-electron chi connectivity index (χ1n) is 9.40. The number of likely N-dealkylation sites (N-methyl/N-ethyl adjacent to an activating group) is 1. The van der Waals surface area contributed by atoms with Gasteiger partial charge in [0.15, 0.2) is 5.60 Å². The maximum Gasteiger partial charge on any atom is 0.259 e. The van der Waals surface area contributed by atoms with Crippen LogP contribution in [0.15, 0.2) is 30.3 Å². The number of piperidine rings is 1. The molecule has 2 saturated carbocycles. The Morgan fingerprint density at radius 3 is 2.38 bits per heavy atom. The lowest BCUT2D eigenvalue weighted by Gasteiger charge is -2.40. The van der Waals surface area contributed by atoms with Gasteiger partial charge in [-0.25, -0.2) is 0 Å². The van der Waals surface area contributed by atoms with Gasteiger partial charge in [0, 0.05) is 32.1 Å². The summed E-state index contributed by atoms with van der Waals surface area (Å²) in [6.07, 6.45) is 5.29. The Hall–Kier alpha value is -1.39. The molecule has 1 saturated heterocycles. The van der Waals surface area contributed by atoms with Crippen molar-refractivity contribution in [2.75, 3.05) is 20.1 Å². The third-order valence-electron chi connectivity index (χ3n) is 6.55. The van der Waals surface area contributed by atoms with Crippen molar-refractivity contribution in [3.8, 4) is 0 Å². The summed E-state index contributed by atoms with van der Waals surface area (Å²) in [4.78, 5) is 15.3. The van der Waals surface area contributed by atoms with Crippen LogP contribution >= 0.6 is 0 Å². The van der Waals surface area contributed by atoms with E-state index in [0.29, 0.717) is 17.9 Å². The highest BCUT2D eigenvalue weighted by Crippen LogP contribution is 2.48. The van der Waals surface area contributed by atoms with Gasteiger partial charge in [0.05, 0.1) is 0 Å². The first-order chi connectivity index (χ1) is 11.6. The van der Waals surface area contributed by atoms with E-state index in [1.165, 1.54) is 6.42 Å². The molecule has 1 amide bonds. The van der Waals surface area contributed by atoms with E-state index in [4.69, 9.17) is 0 Å². The van der Waals surface area contributed by atoms with Crippen molar-refractivity contribution in [1.82, 2.24) is 10.2 Å². The Balaban J connectivity index is 1.63. The van der Waals surface area contributed by atoms with Crippen LogP contribution in [0.3, 0.4) is 0 Å². The lowest BCUT2D eigenvalue weighted by atomic mass is 9.72. The van der Waals surface area contributed by atoms with Crippen molar-refractivity contribution in [3.05, 3.63) is 35.9 Å². The van der Waals surface area contributed by atoms with Crippen molar-refractivity contribution < 1.29 is 9.90 Å². The largest absolute Gasteiger partial charge is 0.375 e. The molecule has 0 radical (unpaired) electrons. The minimum atomic E-state index is -1.37. The SMILES string of the molecule is CN(C(=O)C(O)(c1ccccc1)C1CCCCC1)C1C2CNC[C@@H]21. The number of fused-ring (bicyclic) bond motifs is 1. The van der Waals surface area contributed by atoms with E-state index in [1.54, 1.807) is 0 Å². The molecule has 1 aromatic rings. The highest BCUT2D eigenvalue weighted by atomic mass is 16.3. The van der Waals surface area contributed by atoms with Crippen LogP contribution < -0.4 is 5.32 Å². The van der Waals surface area contributed by atoms with Crippen molar-refractivity contribution in [2.45, 2.75) is 43.7 Å². The van der Waals surface area contributed by atoms with E-state index >= 15 is 0 Å². The van der Waals surface area contributed by atoms with Crippen LogP contribution in [-0.2, 0) is 10.4 Å². The van der Waals surface area contributed by atoms with Gasteiger partial charge < -0.3 is 15.3 Å². The van der Waals surface area contributed by atoms with E-state index in [0.717, 1.165) is 44.3 Å². The second kappa shape index (κ2) is 6.16. The summed E-state index contributed by atoms with van der Waals surface area (Å²) >= 11 is 0. The number of hydrogen-bond acceptors (Lipinski definition) is 3. The van der Waals surface area contributed by atoms with Crippen molar-refractivity contribution in [3.63, 3.8) is 0 Å². The fourth-order valence-electron chi connectivity index (χ4n) is 5.11. The van der Waals surface area contributed by atoms with Gasteiger partial charge in [0.2, 0.25) is 0 Å². The Morgan fingerprint density at radius 2 is 1.75 bits per heavy atom. The van der Waals surface area contributed by atoms with Crippen LogP contribution in [0.25, 0.3) is 0 Å². The Bertz CT molecular complexity index is 589. The molecule has 1 aliphatic heterocycles. The topological polar surface area (TPSA) is 52.6 Å². The summed E-state index contributed by atoms with van der Waals surface area (Å²) < 4.78 is 0. The zero-order valence-electron chi connectivity index (χ0n) is 14.4. The molecule has 0 spiro atoms. The Morgan fingerprint density at radius 1 is 1.12 bits per heavy atom. The maximum absolute atomic E-state index is 13.4. The summed E-state index contributed by atoms with van der Waals surface area (Å²) in [5, 5.41) is 15.1. The summed E-state index contributed by atoms with van der Waals surface area (Å²) in [5.74, 6) is 1.08. The van der Waals surface area contributed by atoms with Gasteiger partial charge in [-0.1, -0.05) is 49.6 Å². The normalized spacial score (nSPS) is 32.0. The lowest BCUT2D eigenvalue weighted by Crippen LogP contribution is -2.52. The monoisotopic (exact) mass is 328 g/mol. The molecule has 2 N–H and O–H groups in total. The minimum Gasteiger partial charge on any atom is -0.375 e. The summed E-state index contributed by atoms with van der Waals surface area (Å²) in [6.45, 7) is 2.00. The molecule has 3 fully saturated rings. The van der Waals surface area contributed by atoms with Crippen LogP contribution in [-0.4, -0.2) is 42.1 Å². The van der Waals surface area contributed by atoms with Gasteiger partial charge in [0.25, 0.3) is 5.91 Å². The van der Waals surface area contributed by atoms with Crippen molar-refractivity contribution in [1.29, 1.82) is 0 Å². The maximum atomic E-state index is 13.4. The van der Waals surface area contributed by atoms with Crippen molar-refractivity contribution >= 4 is 5.91 Å². The predicted octanol–water partition coefficient (Wildman–Crippen LogP) is 2.13. The number of carbonyl (C=O) groups is 1. The van der Waals surface area contributed by atoms with Crippen LogP contribution in [0.1, 0.15) is 37.7 Å². The number of nitrogens with one attached hydrogen (secondary N) is 1. The van der Waals surface area contributed by atoms with E-state index < -0.39 is 5.60 Å². The average molecular weight is 328 g/mol. The van der Waals surface area contributed by atoms with E-state index in [9.17, 15) is 9.90 Å². The minimum absolute atomic E-state index is 0.0281. The second-order valence-electron chi connectivity index (χ2n) is 7.86.